The van der Waals surface area contributed by atoms with Crippen LogP contribution in [0, 0.1) is 23.7 Å². The molecule has 13 nitrogen and oxygen atoms in total. The molecule has 4 aliphatic heterocycles. The highest BCUT2D eigenvalue weighted by Gasteiger charge is 2.39. The summed E-state index contributed by atoms with van der Waals surface area (Å²) in [5.41, 5.74) is 13.2. The Morgan fingerprint density at radius 3 is 0.982 bits per heavy atom. The van der Waals surface area contributed by atoms with Crippen molar-refractivity contribution in [2.75, 3.05) is 32.5 Å². The number of unbranched alkanes of at least 4 members (excludes halogenated alkanes) is 32. The number of aromatic nitrogens is 3. The number of hydrogen-bond donors (Lipinski definition) is 1. The van der Waals surface area contributed by atoms with Crippen LogP contribution < -0.4 is 43.2 Å². The highest BCUT2D eigenvalue weighted by Crippen LogP contribution is 2.56. The molecule has 0 spiro atoms. The fraction of sp³-hybridized carbons (Fsp3) is 0.546. The smallest absolute Gasteiger partial charge is 0.230 e. The zero-order chi connectivity index (χ0) is 75.9. The van der Waals surface area contributed by atoms with Crippen molar-refractivity contribution in [2.24, 2.45) is 0 Å². The lowest BCUT2D eigenvalue weighted by molar-refractivity contribution is -0.114. The largest absolute Gasteiger partial charge is 0.457 e. The van der Waals surface area contributed by atoms with E-state index in [4.69, 9.17) is 47.9 Å². The van der Waals surface area contributed by atoms with Crippen molar-refractivity contribution in [3.8, 4) is 81.1 Å². The molecule has 3 aromatic heterocycles. The molecule has 4 atom stereocenters. The predicted molar refractivity (Wildman–Crippen MR) is 443 cm³/mol. The van der Waals surface area contributed by atoms with Gasteiger partial charge >= 0.3 is 0 Å². The second-order valence-corrected chi connectivity index (χ2v) is 31.6. The van der Waals surface area contributed by atoms with Crippen LogP contribution in [0.4, 0.5) is 5.82 Å². The molecule has 12 rings (SSSR count). The third-order valence-corrected chi connectivity index (χ3v) is 23.3. The third-order valence-electron chi connectivity index (χ3n) is 23.3. The average Bonchev–Trinajstić information content (AvgIpc) is 0.732. The summed E-state index contributed by atoms with van der Waals surface area (Å²) in [4.78, 5) is 26.1. The number of carbonyl (C=O) groups is 1. The number of anilines is 1. The number of benzene rings is 4. The van der Waals surface area contributed by atoms with Crippen LogP contribution in [0.5, 0.6) is 46.0 Å². The summed E-state index contributed by atoms with van der Waals surface area (Å²) in [5.74, 6) is 19.8. The maximum Gasteiger partial charge on any atom is 0.230 e. The number of nitrogens with zero attached hydrogens (tertiary/aromatic N) is 3. The summed E-state index contributed by atoms with van der Waals surface area (Å²) in [6.45, 7) is 10.6. The fourth-order valence-electron chi connectivity index (χ4n) is 17.3. The zero-order valence-electron chi connectivity index (χ0n) is 67.2. The summed E-state index contributed by atoms with van der Waals surface area (Å²) in [7, 11) is 0. The highest BCUT2D eigenvalue weighted by molar-refractivity contribution is 5.87. The maximum absolute atomic E-state index is 11.9. The van der Waals surface area contributed by atoms with Gasteiger partial charge in [-0.25, -0.2) is 4.98 Å². The molecule has 110 heavy (non-hydrogen) atoms. The van der Waals surface area contributed by atoms with E-state index in [0.717, 1.165) is 145 Å². The first-order valence-electron chi connectivity index (χ1n) is 43.3. The van der Waals surface area contributed by atoms with Gasteiger partial charge in [0, 0.05) is 117 Å². The van der Waals surface area contributed by atoms with Gasteiger partial charge in [0.1, 0.15) is 63.1 Å². The first kappa shape index (κ1) is 80.8. The van der Waals surface area contributed by atoms with Gasteiger partial charge in [-0.05, 0) is 92.3 Å². The maximum atomic E-state index is 11.9. The van der Waals surface area contributed by atoms with E-state index in [1.165, 1.54) is 209 Å². The molecule has 0 radical (unpaired) electrons. The number of pyridine rings is 3. The number of rotatable bonds is 42. The molecule has 7 aromatic rings. The van der Waals surface area contributed by atoms with E-state index >= 15 is 0 Å². The molecule has 1 N–H and O–H groups in total. The van der Waals surface area contributed by atoms with Crippen molar-refractivity contribution >= 4 is 11.7 Å². The first-order valence-corrected chi connectivity index (χ1v) is 43.3. The Balaban J connectivity index is 1.04. The third kappa shape index (κ3) is 22.3. The van der Waals surface area contributed by atoms with Crippen LogP contribution in [0.15, 0.2) is 97.3 Å². The van der Waals surface area contributed by atoms with Crippen molar-refractivity contribution in [3.05, 3.63) is 164 Å². The summed E-state index contributed by atoms with van der Waals surface area (Å²) < 4.78 is 56.4. The highest BCUT2D eigenvalue weighted by atomic mass is 16.7. The second-order valence-electron chi connectivity index (χ2n) is 31.6. The summed E-state index contributed by atoms with van der Waals surface area (Å²) >= 11 is 0. The van der Waals surface area contributed by atoms with Gasteiger partial charge in [-0.15, -0.1) is 0 Å². The van der Waals surface area contributed by atoms with Gasteiger partial charge < -0.3 is 43.2 Å². The lowest BCUT2D eigenvalue weighted by Crippen LogP contribution is -2.23. The number of ether oxygens (including phenoxy) is 8. The fourth-order valence-corrected chi connectivity index (χ4v) is 17.3. The van der Waals surface area contributed by atoms with Crippen molar-refractivity contribution in [3.63, 3.8) is 0 Å². The van der Waals surface area contributed by atoms with Crippen LogP contribution in [0.1, 0.15) is 382 Å². The predicted octanol–water partition coefficient (Wildman–Crippen LogP) is 25.7. The van der Waals surface area contributed by atoms with Crippen molar-refractivity contribution in [2.45, 2.75) is 315 Å². The number of carbonyl (C=O) groups excluding carboxylic acids is 1. The molecule has 0 saturated carbocycles. The summed E-state index contributed by atoms with van der Waals surface area (Å²) in [6, 6.07) is 29.7. The van der Waals surface area contributed by atoms with Gasteiger partial charge in [-0.2, -0.15) is 0 Å². The van der Waals surface area contributed by atoms with Crippen LogP contribution in [0.3, 0.4) is 0 Å². The topological polar surface area (TPSA) is 142 Å². The number of nitrogens with one attached hydrogen (secondary N) is 1. The average molecular weight is 1490 g/mol. The Kier molecular flexibility index (Phi) is 31.8. The van der Waals surface area contributed by atoms with Crippen LogP contribution >= 0.6 is 0 Å². The minimum atomic E-state index is -0.195. The Labute approximate surface area is 658 Å². The van der Waals surface area contributed by atoms with Crippen LogP contribution in [0.25, 0.3) is 11.4 Å². The molecule has 8 bridgehead atoms. The van der Waals surface area contributed by atoms with Gasteiger partial charge in [0.05, 0.1) is 11.4 Å². The van der Waals surface area contributed by atoms with Gasteiger partial charge in [0.25, 0.3) is 0 Å². The monoisotopic (exact) mass is 1490 g/mol. The van der Waals surface area contributed by atoms with E-state index < -0.39 is 0 Å². The van der Waals surface area contributed by atoms with E-state index in [-0.39, 0.29) is 56.8 Å². The molecular weight excluding hydrogens is 1370 g/mol. The number of amides is 1. The molecule has 586 valence electrons. The molecule has 5 aliphatic rings. The molecule has 1 aliphatic carbocycles. The molecule has 1 amide bonds. The molecule has 0 saturated heterocycles. The summed E-state index contributed by atoms with van der Waals surface area (Å²) in [6.07, 6.45) is 51.4. The van der Waals surface area contributed by atoms with Crippen LogP contribution in [0.2, 0.25) is 0 Å². The van der Waals surface area contributed by atoms with E-state index in [0.29, 0.717) is 40.0 Å². The van der Waals surface area contributed by atoms with E-state index in [2.05, 4.69) is 104 Å². The minimum absolute atomic E-state index is 0.0261. The van der Waals surface area contributed by atoms with E-state index in [1.807, 2.05) is 36.4 Å². The molecule has 0 fully saturated rings. The van der Waals surface area contributed by atoms with Crippen LogP contribution in [-0.4, -0.2) is 48.0 Å². The molecule has 13 heteroatoms. The van der Waals surface area contributed by atoms with Gasteiger partial charge in [-0.3, -0.25) is 14.8 Å². The van der Waals surface area contributed by atoms with Gasteiger partial charge in [0.15, 0.2) is 0 Å². The van der Waals surface area contributed by atoms with Gasteiger partial charge in [-0.1, -0.05) is 283 Å². The molecule has 4 aromatic carbocycles. The minimum Gasteiger partial charge on any atom is -0.457 e. The van der Waals surface area contributed by atoms with Crippen molar-refractivity contribution in [1.29, 1.82) is 0 Å². The molecular formula is C97H124N4O9. The van der Waals surface area contributed by atoms with Gasteiger partial charge in [0.2, 0.25) is 33.1 Å². The van der Waals surface area contributed by atoms with E-state index in [9.17, 15) is 4.79 Å². The van der Waals surface area contributed by atoms with Crippen molar-refractivity contribution < 1.29 is 42.7 Å². The Morgan fingerprint density at radius 1 is 0.345 bits per heavy atom. The first-order chi connectivity index (χ1) is 54.3. The second kappa shape index (κ2) is 43.2. The Hall–Kier alpha value is -8.68. The van der Waals surface area contributed by atoms with Crippen LogP contribution in [-0.2, 0) is 4.79 Å². The quantitative estimate of drug-likeness (QED) is 0.0288. The lowest BCUT2D eigenvalue weighted by atomic mass is 9.75. The molecule has 0 unspecified atom stereocenters. The SMILES string of the molecule is CCCCCCCCCCC[C@@H]1c2cc3c4cc2OCOc2cc5c(cc21)[C@@H](CCCCCCCCCCC)c1cc2c(c(C#Cc6ccnc(-c7cc(C#Cc8cccc(NC(C)=O)n8)ccn7)c6)c1OCO5)OCOc1cc(c(cc1[C@@H]2CCCCCCCCCCC)[C@H]3CCCCCCCCCCC)OCO4. The normalized spacial score (nSPS) is 16.0. The standard InChI is InChI=1S/C97H124N4O9/c1-6-10-14-18-22-26-30-34-38-44-74-79-59-80-75(45-39-35-31-27-23-19-15-11-7-2)82-61-84-77(47-41-37-33-29-25-21-17-13-9-4)86-62-85-76(46-40-36-32-28-24-20-16-12-8-3)83-60-81(74)91-64-93(83)107-68-109-96(85)78(97(86)110-69-108-94(84)65-92(82)106-67-104-90(80)63-89(79)103-66-105-91)52-50-72-54-56-99-88(58-72)87-57-71(53-55-98-87)49-51-73-43-42-48-95(101-73)100-70(5)102/h42-43,48,53-65,74-77H,6-41,44-47,66-69H2,1-5H3,(H,100,101,102)/t74-,75+,76-,77+. The van der Waals surface area contributed by atoms with Crippen molar-refractivity contribution in [1.82, 2.24) is 15.0 Å². The molecule has 7 heterocycles. The number of hydrogen-bond acceptors (Lipinski definition) is 12. The Bertz CT molecular complexity index is 4070. The zero-order valence-corrected chi connectivity index (χ0v) is 67.2. The summed E-state index contributed by atoms with van der Waals surface area (Å²) in [5, 5.41) is 2.76. The lowest BCUT2D eigenvalue weighted by Gasteiger charge is -2.35. The van der Waals surface area contributed by atoms with E-state index in [1.54, 1.807) is 18.5 Å². The Morgan fingerprint density at radius 2 is 0.645 bits per heavy atom.